The van der Waals surface area contributed by atoms with E-state index in [0.29, 0.717) is 16.9 Å². The van der Waals surface area contributed by atoms with Crippen LogP contribution in [0.1, 0.15) is 47.0 Å². The first kappa shape index (κ1) is 12.8. The van der Waals surface area contributed by atoms with Crippen LogP contribution in [0.5, 0.6) is 0 Å². The molecule has 0 amide bonds. The van der Waals surface area contributed by atoms with Crippen molar-refractivity contribution in [3.8, 4) is 0 Å². The van der Waals surface area contributed by atoms with Gasteiger partial charge in [-0.2, -0.15) is 0 Å². The van der Waals surface area contributed by atoms with Crippen molar-refractivity contribution in [1.82, 2.24) is 10.6 Å². The van der Waals surface area contributed by atoms with Crippen molar-refractivity contribution < 1.29 is 0 Å². The van der Waals surface area contributed by atoms with Gasteiger partial charge >= 0.3 is 0 Å². The van der Waals surface area contributed by atoms with Crippen molar-refractivity contribution in [3.63, 3.8) is 0 Å². The van der Waals surface area contributed by atoms with Crippen LogP contribution in [0.2, 0.25) is 0 Å². The first-order chi connectivity index (χ1) is 6.74. The summed E-state index contributed by atoms with van der Waals surface area (Å²) in [5, 5.41) is 7.16. The minimum atomic E-state index is 0.419. The van der Waals surface area contributed by atoms with Crippen LogP contribution in [0, 0.1) is 10.8 Å². The van der Waals surface area contributed by atoms with Gasteiger partial charge in [0, 0.05) is 13.1 Å². The van der Waals surface area contributed by atoms with Gasteiger partial charge in [-0.3, -0.25) is 0 Å². The van der Waals surface area contributed by atoms with Gasteiger partial charge in [-0.15, -0.1) is 0 Å². The van der Waals surface area contributed by atoms with Crippen LogP contribution in [0.25, 0.3) is 0 Å². The van der Waals surface area contributed by atoms with Gasteiger partial charge in [0.15, 0.2) is 5.11 Å². The summed E-state index contributed by atoms with van der Waals surface area (Å²) in [6.07, 6.45) is 3.71. The molecule has 2 nitrogen and oxygen atoms in total. The van der Waals surface area contributed by atoms with E-state index in [1.165, 1.54) is 19.3 Å². The van der Waals surface area contributed by atoms with Crippen molar-refractivity contribution >= 4 is 17.3 Å². The van der Waals surface area contributed by atoms with Crippen LogP contribution in [0.4, 0.5) is 0 Å². The van der Waals surface area contributed by atoms with E-state index in [-0.39, 0.29) is 0 Å². The molecule has 0 aliphatic heterocycles. The van der Waals surface area contributed by atoms with Gasteiger partial charge in [0.2, 0.25) is 0 Å². The Morgan fingerprint density at radius 2 is 1.60 bits per heavy atom. The van der Waals surface area contributed by atoms with Gasteiger partial charge in [-0.1, -0.05) is 27.7 Å². The summed E-state index contributed by atoms with van der Waals surface area (Å²) in [6.45, 7) is 9.41. The molecule has 0 aromatic heterocycles. The molecule has 0 heterocycles. The van der Waals surface area contributed by atoms with E-state index in [1.54, 1.807) is 0 Å². The van der Waals surface area contributed by atoms with Gasteiger partial charge in [0.05, 0.1) is 0 Å². The van der Waals surface area contributed by atoms with Crippen molar-refractivity contribution in [1.29, 1.82) is 0 Å². The zero-order valence-electron chi connectivity index (χ0n) is 10.6. The summed E-state index contributed by atoms with van der Waals surface area (Å²) in [7, 11) is 1.87. The Balaban J connectivity index is 2.63. The smallest absolute Gasteiger partial charge is 0.166 e. The van der Waals surface area contributed by atoms with E-state index in [0.717, 1.165) is 5.11 Å². The highest BCUT2D eigenvalue weighted by molar-refractivity contribution is 7.80. The molecule has 1 aliphatic carbocycles. The maximum absolute atomic E-state index is 5.16. The number of nitrogens with one attached hydrogen (secondary N) is 2. The van der Waals surface area contributed by atoms with Crippen LogP contribution < -0.4 is 10.6 Å². The number of thiocarbonyl (C=S) groups is 1. The van der Waals surface area contributed by atoms with Gasteiger partial charge in [-0.05, 0) is 42.3 Å². The first-order valence-corrected chi connectivity index (χ1v) is 6.13. The Morgan fingerprint density at radius 3 is 2.00 bits per heavy atom. The molecule has 1 aliphatic rings. The minimum absolute atomic E-state index is 0.419. The molecule has 0 atom stereocenters. The summed E-state index contributed by atoms with van der Waals surface area (Å²) in [5.41, 5.74) is 0.839. The van der Waals surface area contributed by atoms with Gasteiger partial charge < -0.3 is 10.6 Å². The molecule has 1 saturated carbocycles. The van der Waals surface area contributed by atoms with E-state index in [9.17, 15) is 0 Å². The average molecular weight is 228 g/mol. The Hall–Kier alpha value is -0.310. The summed E-state index contributed by atoms with van der Waals surface area (Å²) < 4.78 is 0. The van der Waals surface area contributed by atoms with Gasteiger partial charge in [0.1, 0.15) is 0 Å². The van der Waals surface area contributed by atoms with Crippen molar-refractivity contribution in [2.24, 2.45) is 10.8 Å². The zero-order chi connectivity index (χ0) is 11.7. The molecule has 2 N–H and O–H groups in total. The van der Waals surface area contributed by atoms with E-state index >= 15 is 0 Å². The highest BCUT2D eigenvalue weighted by Gasteiger charge is 2.38. The predicted molar refractivity (Wildman–Crippen MR) is 70.0 cm³/mol. The lowest BCUT2D eigenvalue weighted by Gasteiger charge is -2.45. The third-order valence-electron chi connectivity index (χ3n) is 3.12. The Bertz CT molecular complexity index is 230. The molecular formula is C12H24N2S. The highest BCUT2D eigenvalue weighted by atomic mass is 32.1. The molecule has 0 saturated heterocycles. The lowest BCUT2D eigenvalue weighted by atomic mass is 9.63. The lowest BCUT2D eigenvalue weighted by molar-refractivity contribution is 0.0921. The molecular weight excluding hydrogens is 204 g/mol. The summed E-state index contributed by atoms with van der Waals surface area (Å²) in [6, 6.07) is 0.517. The van der Waals surface area contributed by atoms with E-state index in [1.807, 2.05) is 7.05 Å². The second-order valence-electron chi connectivity index (χ2n) is 6.33. The number of hydrogen-bond donors (Lipinski definition) is 2. The van der Waals surface area contributed by atoms with Crippen LogP contribution in [0.3, 0.4) is 0 Å². The second kappa shape index (κ2) is 4.28. The Kier molecular flexibility index (Phi) is 3.64. The Morgan fingerprint density at radius 1 is 1.13 bits per heavy atom. The van der Waals surface area contributed by atoms with E-state index < -0.39 is 0 Å². The molecule has 1 fully saturated rings. The minimum Gasteiger partial charge on any atom is -0.366 e. The molecule has 0 aromatic carbocycles. The van der Waals surface area contributed by atoms with Crippen molar-refractivity contribution in [2.75, 3.05) is 7.05 Å². The van der Waals surface area contributed by atoms with Crippen molar-refractivity contribution in [2.45, 2.75) is 53.0 Å². The summed E-state index contributed by atoms with van der Waals surface area (Å²) in [4.78, 5) is 0. The molecule has 15 heavy (non-hydrogen) atoms. The van der Waals surface area contributed by atoms with Crippen molar-refractivity contribution in [3.05, 3.63) is 0 Å². The second-order valence-corrected chi connectivity index (χ2v) is 6.74. The highest BCUT2D eigenvalue weighted by Crippen LogP contribution is 2.45. The molecule has 0 aromatic rings. The molecule has 0 unspecified atom stereocenters. The van der Waals surface area contributed by atoms with Crippen LogP contribution in [0.15, 0.2) is 0 Å². The quantitative estimate of drug-likeness (QED) is 0.675. The Labute approximate surface area is 99.2 Å². The van der Waals surface area contributed by atoms with Gasteiger partial charge in [0.25, 0.3) is 0 Å². The maximum Gasteiger partial charge on any atom is 0.166 e. The molecule has 0 radical (unpaired) electrons. The normalized spacial score (nSPS) is 24.6. The van der Waals surface area contributed by atoms with Crippen LogP contribution >= 0.6 is 12.2 Å². The van der Waals surface area contributed by atoms with E-state index in [4.69, 9.17) is 12.2 Å². The molecule has 0 bridgehead atoms. The predicted octanol–water partition coefficient (Wildman–Crippen LogP) is 2.69. The molecule has 3 heteroatoms. The van der Waals surface area contributed by atoms with E-state index in [2.05, 4.69) is 38.3 Å². The topological polar surface area (TPSA) is 24.1 Å². The standard InChI is InChI=1S/C12H24N2S/c1-11(2)6-9(14-10(15)13-5)7-12(3,4)8-11/h9H,6-8H2,1-5H3,(H2,13,14,15). The fraction of sp³-hybridized carbons (Fsp3) is 0.917. The number of rotatable bonds is 1. The maximum atomic E-state index is 5.16. The third kappa shape index (κ3) is 3.98. The van der Waals surface area contributed by atoms with Crippen LogP contribution in [-0.4, -0.2) is 18.2 Å². The largest absolute Gasteiger partial charge is 0.366 e. The molecule has 0 spiro atoms. The molecule has 1 rings (SSSR count). The fourth-order valence-electron chi connectivity index (χ4n) is 3.21. The van der Waals surface area contributed by atoms with Crippen LogP contribution in [-0.2, 0) is 0 Å². The first-order valence-electron chi connectivity index (χ1n) is 5.72. The van der Waals surface area contributed by atoms with Gasteiger partial charge in [-0.25, -0.2) is 0 Å². The summed E-state index contributed by atoms with van der Waals surface area (Å²) >= 11 is 5.16. The molecule has 88 valence electrons. The zero-order valence-corrected chi connectivity index (χ0v) is 11.4. The number of hydrogen-bond acceptors (Lipinski definition) is 1. The lowest BCUT2D eigenvalue weighted by Crippen LogP contribution is -2.48. The average Bonchev–Trinajstić information content (AvgIpc) is 1.97. The SMILES string of the molecule is CNC(=S)NC1CC(C)(C)CC(C)(C)C1. The third-order valence-corrected chi connectivity index (χ3v) is 3.44. The summed E-state index contributed by atoms with van der Waals surface area (Å²) in [5.74, 6) is 0. The monoisotopic (exact) mass is 228 g/mol. The fourth-order valence-corrected chi connectivity index (χ4v) is 3.37.